The van der Waals surface area contributed by atoms with Gasteiger partial charge in [-0.15, -0.1) is 0 Å². The van der Waals surface area contributed by atoms with Gasteiger partial charge in [0.15, 0.2) is 12.4 Å². The number of methoxy groups -OCH3 is 1. The molecule has 2 aliphatic rings. The van der Waals surface area contributed by atoms with E-state index in [0.717, 1.165) is 29.6 Å². The molecule has 2 aromatic rings. The van der Waals surface area contributed by atoms with Crippen LogP contribution in [0.5, 0.6) is 0 Å². The highest BCUT2D eigenvalue weighted by atomic mass is 28.4. The van der Waals surface area contributed by atoms with E-state index in [4.69, 9.17) is 28.4 Å². The summed E-state index contributed by atoms with van der Waals surface area (Å²) in [5.74, 6) is -0.848. The molecule has 14 heteroatoms. The van der Waals surface area contributed by atoms with E-state index < -0.39 is 74.4 Å². The van der Waals surface area contributed by atoms with Crippen molar-refractivity contribution in [3.63, 3.8) is 0 Å². The number of carbonyl (C=O) groups is 1. The molecule has 2 fully saturated rings. The molecule has 2 aliphatic heterocycles. The number of benzene rings is 2. The van der Waals surface area contributed by atoms with E-state index in [9.17, 15) is 25.3 Å². The van der Waals surface area contributed by atoms with Crippen LogP contribution in [0.25, 0.3) is 10.4 Å². The van der Waals surface area contributed by atoms with Crippen LogP contribution in [0.2, 0.25) is 5.04 Å². The van der Waals surface area contributed by atoms with Crippen LogP contribution in [0, 0.1) is 0 Å². The molecule has 0 radical (unpaired) electrons. The van der Waals surface area contributed by atoms with Gasteiger partial charge >= 0.3 is 5.97 Å². The Morgan fingerprint density at radius 3 is 2.04 bits per heavy atom. The summed E-state index contributed by atoms with van der Waals surface area (Å²) >= 11 is 0. The minimum Gasteiger partial charge on any atom is -0.467 e. The van der Waals surface area contributed by atoms with Crippen molar-refractivity contribution in [3.05, 3.63) is 71.1 Å². The lowest BCUT2D eigenvalue weighted by Gasteiger charge is -2.47. The fraction of sp³-hybridized carbons (Fsp3) is 0.649. The van der Waals surface area contributed by atoms with Gasteiger partial charge < -0.3 is 43.4 Å². The number of hydrogen-bond acceptors (Lipinski definition) is 11. The number of aliphatic hydroxyl groups excluding tert-OH is 2. The van der Waals surface area contributed by atoms with E-state index in [0.29, 0.717) is 25.9 Å². The van der Waals surface area contributed by atoms with E-state index in [2.05, 4.69) is 23.9 Å². The lowest BCUT2D eigenvalue weighted by atomic mass is 9.92. The van der Waals surface area contributed by atoms with Gasteiger partial charge in [-0.1, -0.05) is 106 Å². The first-order valence-electron chi connectivity index (χ1n) is 18.0. The smallest absolute Gasteiger partial charge is 0.337 e. The van der Waals surface area contributed by atoms with Crippen molar-refractivity contribution in [2.75, 3.05) is 26.9 Å². The van der Waals surface area contributed by atoms with Gasteiger partial charge in [-0.3, -0.25) is 0 Å². The third kappa shape index (κ3) is 9.57. The number of ether oxygens (including phenoxy) is 6. The minimum absolute atomic E-state index is 0.0607. The summed E-state index contributed by atoms with van der Waals surface area (Å²) in [7, 11) is -2.19. The van der Waals surface area contributed by atoms with Crippen molar-refractivity contribution in [2.45, 2.75) is 126 Å². The molecule has 0 saturated carbocycles. The van der Waals surface area contributed by atoms with Crippen LogP contribution in [0.3, 0.4) is 0 Å². The highest BCUT2D eigenvalue weighted by Crippen LogP contribution is 2.42. The first-order chi connectivity index (χ1) is 24.5. The topological polar surface area (TPSA) is 182 Å². The number of nitrogens with zero attached hydrogens (tertiary/aromatic N) is 3. The van der Waals surface area contributed by atoms with Crippen molar-refractivity contribution in [1.29, 1.82) is 0 Å². The van der Waals surface area contributed by atoms with Crippen LogP contribution < -0.4 is 10.4 Å². The van der Waals surface area contributed by atoms with Crippen molar-refractivity contribution in [1.82, 2.24) is 0 Å². The maximum Gasteiger partial charge on any atom is 0.337 e. The molecule has 0 aliphatic carbocycles. The summed E-state index contributed by atoms with van der Waals surface area (Å²) < 4.78 is 36.0. The number of unbranched alkanes of at least 4 members (excludes halogenated alkanes) is 2. The number of azide groups is 1. The summed E-state index contributed by atoms with van der Waals surface area (Å²) in [6.07, 6.45) is -5.63. The molecule has 51 heavy (non-hydrogen) atoms. The maximum absolute atomic E-state index is 12.8. The van der Waals surface area contributed by atoms with Crippen molar-refractivity contribution < 1.29 is 48.2 Å². The lowest BCUT2D eigenvalue weighted by molar-refractivity contribution is -0.331. The Kier molecular flexibility index (Phi) is 15.4. The molecular weight excluding hydrogens is 675 g/mol. The summed E-state index contributed by atoms with van der Waals surface area (Å²) in [4.78, 5) is 28.6. The Labute approximate surface area is 301 Å². The molecule has 0 amide bonds. The van der Waals surface area contributed by atoms with Crippen LogP contribution in [0.15, 0.2) is 65.8 Å². The zero-order valence-electron chi connectivity index (χ0n) is 30.4. The second-order valence-corrected chi connectivity index (χ2v) is 17.8. The standard InChI is InChI=1S/C37H55N3O10Si/c1-6-8-22-46-31-27(39-40-38)24-48-28(20-21-37(3,4)51(44,25-16-12-10-13-17-25)26-18-14-11-15-19-26)32(31)49-36-30(42)33(47-23-9-7-2)29(41)34(50-36)35(43)45-5/h10-19,27-34,36,41-42,44H,6-9,20-24H2,1-5H3/t27-,28?,29+,30+,31?,32+,33?,34?,36-/m1/s1. The molecular formula is C37H55N3O10Si. The number of rotatable bonds is 18. The fourth-order valence-electron chi connectivity index (χ4n) is 6.96. The Morgan fingerprint density at radius 1 is 0.941 bits per heavy atom. The third-order valence-corrected chi connectivity index (χ3v) is 14.6. The lowest BCUT2D eigenvalue weighted by Crippen LogP contribution is -2.66. The van der Waals surface area contributed by atoms with Crippen molar-refractivity contribution in [3.8, 4) is 0 Å². The van der Waals surface area contributed by atoms with Gasteiger partial charge in [0.25, 0.3) is 8.32 Å². The number of hydrogen-bond donors (Lipinski definition) is 3. The quantitative estimate of drug-likeness (QED) is 0.0511. The van der Waals surface area contributed by atoms with Crippen molar-refractivity contribution >= 4 is 24.7 Å². The predicted octanol–water partition coefficient (Wildman–Crippen LogP) is 3.75. The van der Waals surface area contributed by atoms with Crippen LogP contribution in [0.1, 0.15) is 66.2 Å². The van der Waals surface area contributed by atoms with Crippen LogP contribution in [0.4, 0.5) is 0 Å². The molecule has 282 valence electrons. The predicted molar refractivity (Wildman–Crippen MR) is 193 cm³/mol. The third-order valence-electron chi connectivity index (χ3n) is 10.1. The first-order valence-corrected chi connectivity index (χ1v) is 20.0. The van der Waals surface area contributed by atoms with Gasteiger partial charge in [-0.05, 0) is 46.6 Å². The summed E-state index contributed by atoms with van der Waals surface area (Å²) in [5, 5.41) is 27.6. The summed E-state index contributed by atoms with van der Waals surface area (Å²) in [5.41, 5.74) is 9.45. The molecule has 2 heterocycles. The van der Waals surface area contributed by atoms with Crippen LogP contribution in [-0.2, 0) is 33.2 Å². The SMILES string of the molecule is CCCCOC1[C@@H](O[C@@H]2OC(C(=O)OC)[C@@H](O)C(OCCCC)[C@@H]2O)C(CCC(C)(C)[Si](O)(c2ccccc2)c2ccccc2)OC[C@H]1N=[N+]=[N-]. The number of aliphatic hydroxyl groups is 2. The van der Waals surface area contributed by atoms with Gasteiger partial charge in [0.05, 0.1) is 32.0 Å². The molecule has 0 bridgehead atoms. The average Bonchev–Trinajstić information content (AvgIpc) is 3.14. The molecule has 0 aromatic heterocycles. The maximum atomic E-state index is 12.8. The van der Waals surface area contributed by atoms with Gasteiger partial charge in [-0.2, -0.15) is 0 Å². The zero-order valence-corrected chi connectivity index (χ0v) is 31.4. The second-order valence-electron chi connectivity index (χ2n) is 13.9. The highest BCUT2D eigenvalue weighted by molar-refractivity contribution is 6.98. The first kappa shape index (κ1) is 40.9. The molecule has 4 unspecified atom stereocenters. The molecule has 4 rings (SSSR count). The Bertz CT molecular complexity index is 1360. The van der Waals surface area contributed by atoms with Crippen LogP contribution >= 0.6 is 0 Å². The second kappa shape index (κ2) is 19.3. The summed E-state index contributed by atoms with van der Waals surface area (Å²) in [6, 6.07) is 18.7. The molecule has 9 atom stereocenters. The molecule has 0 spiro atoms. The normalized spacial score (nSPS) is 28.5. The van der Waals surface area contributed by atoms with E-state index in [1.807, 2.05) is 74.5 Å². The molecule has 13 nitrogen and oxygen atoms in total. The Balaban J connectivity index is 1.69. The van der Waals surface area contributed by atoms with E-state index in [1.54, 1.807) is 0 Å². The average molecular weight is 730 g/mol. The largest absolute Gasteiger partial charge is 0.467 e. The zero-order chi connectivity index (χ0) is 37.0. The van der Waals surface area contributed by atoms with E-state index in [-0.39, 0.29) is 13.2 Å². The van der Waals surface area contributed by atoms with E-state index in [1.165, 1.54) is 7.11 Å². The summed E-state index contributed by atoms with van der Waals surface area (Å²) in [6.45, 7) is 8.78. The number of esters is 1. The molecule has 3 N–H and O–H groups in total. The van der Waals surface area contributed by atoms with E-state index >= 15 is 0 Å². The molecule has 2 saturated heterocycles. The molecule has 2 aromatic carbocycles. The monoisotopic (exact) mass is 729 g/mol. The fourth-order valence-corrected chi connectivity index (χ4v) is 10.7. The van der Waals surface area contributed by atoms with Crippen molar-refractivity contribution in [2.24, 2.45) is 5.11 Å². The Hall–Kier alpha value is -2.88. The van der Waals surface area contributed by atoms with Gasteiger partial charge in [0.2, 0.25) is 0 Å². The Morgan fingerprint density at radius 2 is 1.51 bits per heavy atom. The van der Waals surface area contributed by atoms with Gasteiger partial charge in [-0.25, -0.2) is 4.79 Å². The van der Waals surface area contributed by atoms with Gasteiger partial charge in [0.1, 0.15) is 24.4 Å². The highest BCUT2D eigenvalue weighted by Gasteiger charge is 2.54. The number of carbonyl (C=O) groups excluding carboxylic acids is 1. The minimum atomic E-state index is -3.37. The van der Waals surface area contributed by atoms with Crippen LogP contribution in [-0.4, -0.2) is 111 Å². The van der Waals surface area contributed by atoms with Gasteiger partial charge in [0, 0.05) is 18.1 Å².